The predicted octanol–water partition coefficient (Wildman–Crippen LogP) is 2.29. The van der Waals surface area contributed by atoms with E-state index in [1.807, 2.05) is 42.5 Å². The fourth-order valence-corrected chi connectivity index (χ4v) is 2.81. The third kappa shape index (κ3) is 3.74. The van der Waals surface area contributed by atoms with Crippen LogP contribution in [-0.2, 0) is 22.6 Å². The Labute approximate surface area is 141 Å². The molecule has 3 rings (SSSR count). The van der Waals surface area contributed by atoms with Crippen molar-refractivity contribution in [3.05, 3.63) is 59.7 Å². The summed E-state index contributed by atoms with van der Waals surface area (Å²) in [4.78, 5) is 25.2. The first-order valence-electron chi connectivity index (χ1n) is 7.98. The third-order valence-corrected chi connectivity index (χ3v) is 4.02. The minimum atomic E-state index is -0.162. The molecule has 2 aromatic carbocycles. The lowest BCUT2D eigenvalue weighted by Crippen LogP contribution is -2.28. The quantitative estimate of drug-likeness (QED) is 0.918. The molecule has 0 fully saturated rings. The van der Waals surface area contributed by atoms with Gasteiger partial charge in [0, 0.05) is 25.7 Å². The van der Waals surface area contributed by atoms with E-state index in [1.165, 1.54) is 0 Å². The first-order valence-corrected chi connectivity index (χ1v) is 7.98. The molecular formula is C19H20N2O3. The van der Waals surface area contributed by atoms with Gasteiger partial charge in [0.05, 0.1) is 0 Å². The molecule has 1 aliphatic heterocycles. The van der Waals surface area contributed by atoms with Crippen molar-refractivity contribution < 1.29 is 14.3 Å². The Morgan fingerprint density at radius 2 is 1.96 bits per heavy atom. The molecule has 0 radical (unpaired) electrons. The van der Waals surface area contributed by atoms with E-state index >= 15 is 0 Å². The Morgan fingerprint density at radius 3 is 2.71 bits per heavy atom. The molecule has 0 atom stereocenters. The van der Waals surface area contributed by atoms with Crippen LogP contribution in [0.15, 0.2) is 48.5 Å². The summed E-state index contributed by atoms with van der Waals surface area (Å²) in [6.45, 7) is 2.75. The highest BCUT2D eigenvalue weighted by atomic mass is 16.5. The topological polar surface area (TPSA) is 58.6 Å². The van der Waals surface area contributed by atoms with Crippen molar-refractivity contribution in [1.29, 1.82) is 0 Å². The maximum Gasteiger partial charge on any atom is 0.258 e. The van der Waals surface area contributed by atoms with Gasteiger partial charge in [0.25, 0.3) is 5.91 Å². The van der Waals surface area contributed by atoms with Crippen LogP contribution in [0.25, 0.3) is 0 Å². The number of benzene rings is 2. The maximum absolute atomic E-state index is 11.9. The van der Waals surface area contributed by atoms with Crippen LogP contribution in [0.5, 0.6) is 5.75 Å². The zero-order valence-corrected chi connectivity index (χ0v) is 13.6. The van der Waals surface area contributed by atoms with Crippen molar-refractivity contribution in [2.75, 3.05) is 18.1 Å². The second-order valence-corrected chi connectivity index (χ2v) is 5.76. The number of anilines is 1. The summed E-state index contributed by atoms with van der Waals surface area (Å²) >= 11 is 0. The smallest absolute Gasteiger partial charge is 0.258 e. The SMILES string of the molecule is CC(=O)N1CCc2cc(CNC(=O)COc3ccccc3)ccc21. The van der Waals surface area contributed by atoms with Gasteiger partial charge in [-0.05, 0) is 35.7 Å². The normalized spacial score (nSPS) is 12.6. The minimum Gasteiger partial charge on any atom is -0.484 e. The van der Waals surface area contributed by atoms with Crippen molar-refractivity contribution >= 4 is 17.5 Å². The number of ether oxygens (including phenoxy) is 1. The lowest BCUT2D eigenvalue weighted by Gasteiger charge is -2.15. The van der Waals surface area contributed by atoms with E-state index in [0.29, 0.717) is 12.3 Å². The standard InChI is InChI=1S/C19H20N2O3/c1-14(22)21-10-9-16-11-15(7-8-18(16)21)12-20-19(23)13-24-17-5-3-2-4-6-17/h2-8,11H,9-10,12-13H2,1H3,(H,20,23). The van der Waals surface area contributed by atoms with Crippen LogP contribution in [0, 0.1) is 0 Å². The largest absolute Gasteiger partial charge is 0.484 e. The number of fused-ring (bicyclic) bond motifs is 1. The highest BCUT2D eigenvalue weighted by Gasteiger charge is 2.21. The zero-order chi connectivity index (χ0) is 16.9. The molecule has 1 N–H and O–H groups in total. The number of carbonyl (C=O) groups excluding carboxylic acids is 2. The van der Waals surface area contributed by atoms with E-state index in [-0.39, 0.29) is 18.4 Å². The Hall–Kier alpha value is -2.82. The predicted molar refractivity (Wildman–Crippen MR) is 92.0 cm³/mol. The van der Waals surface area contributed by atoms with Gasteiger partial charge in [-0.1, -0.05) is 30.3 Å². The van der Waals surface area contributed by atoms with Gasteiger partial charge in [0.2, 0.25) is 5.91 Å². The van der Waals surface area contributed by atoms with Crippen LogP contribution in [-0.4, -0.2) is 25.0 Å². The number of nitrogens with zero attached hydrogens (tertiary/aromatic N) is 1. The number of para-hydroxylation sites is 1. The number of amides is 2. The Balaban J connectivity index is 1.52. The van der Waals surface area contributed by atoms with Crippen molar-refractivity contribution in [3.63, 3.8) is 0 Å². The summed E-state index contributed by atoms with van der Waals surface area (Å²) in [5.41, 5.74) is 3.15. The summed E-state index contributed by atoms with van der Waals surface area (Å²) in [5, 5.41) is 2.85. The van der Waals surface area contributed by atoms with Crippen LogP contribution in [0.3, 0.4) is 0 Å². The highest BCUT2D eigenvalue weighted by Crippen LogP contribution is 2.28. The second-order valence-electron chi connectivity index (χ2n) is 5.76. The van der Waals surface area contributed by atoms with E-state index in [4.69, 9.17) is 4.74 Å². The lowest BCUT2D eigenvalue weighted by molar-refractivity contribution is -0.123. The number of nitrogens with one attached hydrogen (secondary N) is 1. The molecule has 5 heteroatoms. The Bertz CT molecular complexity index is 744. The van der Waals surface area contributed by atoms with Crippen LogP contribution in [0.1, 0.15) is 18.1 Å². The molecule has 0 aliphatic carbocycles. The van der Waals surface area contributed by atoms with Crippen molar-refractivity contribution in [3.8, 4) is 5.75 Å². The summed E-state index contributed by atoms with van der Waals surface area (Å²) in [5.74, 6) is 0.576. The molecule has 0 saturated heterocycles. The highest BCUT2D eigenvalue weighted by molar-refractivity contribution is 5.93. The number of hydrogen-bond acceptors (Lipinski definition) is 3. The van der Waals surface area contributed by atoms with Crippen molar-refractivity contribution in [2.24, 2.45) is 0 Å². The molecule has 1 heterocycles. The van der Waals surface area contributed by atoms with E-state index in [9.17, 15) is 9.59 Å². The van der Waals surface area contributed by atoms with Gasteiger partial charge >= 0.3 is 0 Å². The summed E-state index contributed by atoms with van der Waals surface area (Å²) in [6, 6.07) is 15.2. The molecule has 124 valence electrons. The van der Waals surface area contributed by atoms with Gasteiger partial charge in [0.15, 0.2) is 6.61 Å². The van der Waals surface area contributed by atoms with Crippen molar-refractivity contribution in [1.82, 2.24) is 5.32 Å². The number of carbonyl (C=O) groups is 2. The van der Waals surface area contributed by atoms with Crippen LogP contribution < -0.4 is 15.0 Å². The van der Waals surface area contributed by atoms with Gasteiger partial charge < -0.3 is 15.0 Å². The van der Waals surface area contributed by atoms with Crippen LogP contribution in [0.2, 0.25) is 0 Å². The van der Waals surface area contributed by atoms with Crippen molar-refractivity contribution in [2.45, 2.75) is 19.9 Å². The Kier molecular flexibility index (Phi) is 4.79. The van der Waals surface area contributed by atoms with Gasteiger partial charge in [-0.2, -0.15) is 0 Å². The molecule has 1 aliphatic rings. The molecule has 0 unspecified atom stereocenters. The summed E-state index contributed by atoms with van der Waals surface area (Å²) in [6.07, 6.45) is 0.855. The summed E-state index contributed by atoms with van der Waals surface area (Å²) in [7, 11) is 0. The van der Waals surface area contributed by atoms with E-state index in [1.54, 1.807) is 11.8 Å². The molecule has 5 nitrogen and oxygen atoms in total. The number of rotatable bonds is 5. The molecule has 0 spiro atoms. The molecule has 0 aromatic heterocycles. The first-order chi connectivity index (χ1) is 11.6. The van der Waals surface area contributed by atoms with E-state index in [0.717, 1.165) is 29.8 Å². The lowest BCUT2D eigenvalue weighted by atomic mass is 10.1. The Morgan fingerprint density at radius 1 is 1.17 bits per heavy atom. The summed E-state index contributed by atoms with van der Waals surface area (Å²) < 4.78 is 5.41. The molecule has 2 amide bonds. The van der Waals surface area contributed by atoms with Gasteiger partial charge in [-0.15, -0.1) is 0 Å². The minimum absolute atomic E-state index is 0.00688. The molecule has 24 heavy (non-hydrogen) atoms. The maximum atomic E-state index is 11.9. The molecular weight excluding hydrogens is 304 g/mol. The first kappa shape index (κ1) is 16.1. The van der Waals surface area contributed by atoms with E-state index < -0.39 is 0 Å². The zero-order valence-electron chi connectivity index (χ0n) is 13.6. The molecule has 0 saturated carbocycles. The van der Waals surface area contributed by atoms with Crippen LogP contribution >= 0.6 is 0 Å². The average Bonchev–Trinajstić information content (AvgIpc) is 3.02. The van der Waals surface area contributed by atoms with Gasteiger partial charge in [-0.25, -0.2) is 0 Å². The molecule has 0 bridgehead atoms. The van der Waals surface area contributed by atoms with Gasteiger partial charge in [-0.3, -0.25) is 9.59 Å². The monoisotopic (exact) mass is 324 g/mol. The van der Waals surface area contributed by atoms with Gasteiger partial charge in [0.1, 0.15) is 5.75 Å². The molecule has 2 aromatic rings. The average molecular weight is 324 g/mol. The third-order valence-electron chi connectivity index (χ3n) is 4.02. The van der Waals surface area contributed by atoms with Crippen LogP contribution in [0.4, 0.5) is 5.69 Å². The second kappa shape index (κ2) is 7.17. The fourth-order valence-electron chi connectivity index (χ4n) is 2.81. The van der Waals surface area contributed by atoms with E-state index in [2.05, 4.69) is 11.4 Å². The number of hydrogen-bond donors (Lipinski definition) is 1. The fraction of sp³-hybridized carbons (Fsp3) is 0.263.